The fraction of sp³-hybridized carbons (Fsp3) is 0.667. The minimum absolute atomic E-state index is 0.104. The van der Waals surface area contributed by atoms with Crippen molar-refractivity contribution in [1.82, 2.24) is 15.3 Å². The van der Waals surface area contributed by atoms with E-state index in [1.807, 2.05) is 13.8 Å². The summed E-state index contributed by atoms with van der Waals surface area (Å²) in [4.78, 5) is 20.7. The molecular weight excluding hydrogens is 254 g/mol. The van der Waals surface area contributed by atoms with Gasteiger partial charge in [0.1, 0.15) is 5.82 Å². The van der Waals surface area contributed by atoms with Crippen LogP contribution in [0.5, 0.6) is 0 Å². The van der Waals surface area contributed by atoms with Gasteiger partial charge in [-0.1, -0.05) is 0 Å². The summed E-state index contributed by atoms with van der Waals surface area (Å²) in [5, 5.41) is 12.7. The van der Waals surface area contributed by atoms with Gasteiger partial charge in [-0.3, -0.25) is 4.79 Å². The Bertz CT molecular complexity index is 532. The maximum Gasteiger partial charge on any atom is 0.254 e. The van der Waals surface area contributed by atoms with Gasteiger partial charge in [-0.15, -0.1) is 0 Å². The van der Waals surface area contributed by atoms with Crippen LogP contribution in [0.2, 0.25) is 0 Å². The Balaban J connectivity index is 1.75. The van der Waals surface area contributed by atoms with Crippen LogP contribution in [0.4, 0.5) is 0 Å². The number of fused-ring (bicyclic) bond motifs is 2. The second-order valence-electron chi connectivity index (χ2n) is 6.10. The van der Waals surface area contributed by atoms with E-state index in [0.29, 0.717) is 28.9 Å². The fourth-order valence-electron chi connectivity index (χ4n) is 3.93. The summed E-state index contributed by atoms with van der Waals surface area (Å²) in [7, 11) is 0. The molecule has 2 bridgehead atoms. The Morgan fingerprint density at radius 3 is 2.85 bits per heavy atom. The summed E-state index contributed by atoms with van der Waals surface area (Å²) in [6.45, 7) is 3.80. The molecule has 1 aromatic heterocycles. The monoisotopic (exact) mass is 275 g/mol. The first-order chi connectivity index (χ1) is 9.60. The summed E-state index contributed by atoms with van der Waals surface area (Å²) in [6, 6.07) is 0.104. The van der Waals surface area contributed by atoms with E-state index in [1.54, 1.807) is 6.20 Å². The Morgan fingerprint density at radius 1 is 1.40 bits per heavy atom. The van der Waals surface area contributed by atoms with Gasteiger partial charge in [0.05, 0.1) is 11.3 Å². The Kier molecular flexibility index (Phi) is 3.46. The minimum Gasteiger partial charge on any atom is -0.396 e. The van der Waals surface area contributed by atoms with Gasteiger partial charge in [0.2, 0.25) is 0 Å². The average molecular weight is 275 g/mol. The van der Waals surface area contributed by atoms with Crippen molar-refractivity contribution < 1.29 is 9.90 Å². The van der Waals surface area contributed by atoms with E-state index in [0.717, 1.165) is 12.8 Å². The number of nitrogens with zero attached hydrogens (tertiary/aromatic N) is 2. The van der Waals surface area contributed by atoms with Crippen molar-refractivity contribution >= 4 is 5.91 Å². The van der Waals surface area contributed by atoms with E-state index < -0.39 is 0 Å². The highest BCUT2D eigenvalue weighted by molar-refractivity contribution is 5.95. The molecule has 0 radical (unpaired) electrons. The zero-order valence-electron chi connectivity index (χ0n) is 12.0. The predicted octanol–water partition coefficient (Wildman–Crippen LogP) is 1.23. The van der Waals surface area contributed by atoms with Crippen LogP contribution in [0.1, 0.15) is 41.1 Å². The van der Waals surface area contributed by atoms with Gasteiger partial charge in [0.15, 0.2) is 0 Å². The molecule has 2 fully saturated rings. The molecule has 3 rings (SSSR count). The lowest BCUT2D eigenvalue weighted by Crippen LogP contribution is -2.45. The van der Waals surface area contributed by atoms with Gasteiger partial charge in [-0.05, 0) is 44.9 Å². The maximum atomic E-state index is 12.4. The van der Waals surface area contributed by atoms with E-state index in [2.05, 4.69) is 15.3 Å². The van der Waals surface area contributed by atoms with Crippen LogP contribution in [0, 0.1) is 31.6 Å². The molecule has 0 spiro atoms. The molecule has 4 unspecified atom stereocenters. The van der Waals surface area contributed by atoms with Crippen LogP contribution in [0.15, 0.2) is 6.20 Å². The molecular formula is C15H21N3O2. The maximum absolute atomic E-state index is 12.4. The third-order valence-electron chi connectivity index (χ3n) is 4.94. The number of hydrogen-bond donors (Lipinski definition) is 2. The van der Waals surface area contributed by atoms with Crippen molar-refractivity contribution in [2.24, 2.45) is 17.8 Å². The standard InChI is InChI=1S/C15H21N3O2/c1-8-12(6-16-9(2)17-8)15(20)18-14-11-4-3-10(5-11)13(14)7-19/h6,10-11,13-14,19H,3-5,7H2,1-2H3,(H,18,20). The highest BCUT2D eigenvalue weighted by Gasteiger charge is 2.47. The molecule has 4 atom stereocenters. The highest BCUT2D eigenvalue weighted by atomic mass is 16.3. The van der Waals surface area contributed by atoms with Crippen molar-refractivity contribution in [2.75, 3.05) is 6.61 Å². The van der Waals surface area contributed by atoms with E-state index in [1.165, 1.54) is 6.42 Å². The summed E-state index contributed by atoms with van der Waals surface area (Å²) in [5.74, 6) is 1.87. The lowest BCUT2D eigenvalue weighted by molar-refractivity contribution is 0.0860. The number of aromatic nitrogens is 2. The first kappa shape index (κ1) is 13.5. The van der Waals surface area contributed by atoms with Crippen molar-refractivity contribution in [3.63, 3.8) is 0 Å². The van der Waals surface area contributed by atoms with Crippen LogP contribution in [-0.4, -0.2) is 33.6 Å². The molecule has 5 nitrogen and oxygen atoms in total. The fourth-order valence-corrected chi connectivity index (χ4v) is 3.93. The van der Waals surface area contributed by atoms with Gasteiger partial charge >= 0.3 is 0 Å². The molecule has 0 saturated heterocycles. The molecule has 1 aromatic rings. The van der Waals surface area contributed by atoms with Crippen molar-refractivity contribution in [1.29, 1.82) is 0 Å². The largest absolute Gasteiger partial charge is 0.396 e. The smallest absolute Gasteiger partial charge is 0.254 e. The number of rotatable bonds is 3. The van der Waals surface area contributed by atoms with Gasteiger partial charge in [0, 0.05) is 24.8 Å². The summed E-state index contributed by atoms with van der Waals surface area (Å²) >= 11 is 0. The number of nitrogens with one attached hydrogen (secondary N) is 1. The number of aryl methyl sites for hydroxylation is 2. The van der Waals surface area contributed by atoms with Crippen LogP contribution in [0.3, 0.4) is 0 Å². The second kappa shape index (κ2) is 5.13. The summed E-state index contributed by atoms with van der Waals surface area (Å²) < 4.78 is 0. The number of amides is 1. The molecule has 1 amide bonds. The molecule has 1 heterocycles. The van der Waals surface area contributed by atoms with Crippen LogP contribution in [-0.2, 0) is 0 Å². The van der Waals surface area contributed by atoms with Gasteiger partial charge in [-0.25, -0.2) is 9.97 Å². The Morgan fingerprint density at radius 2 is 2.15 bits per heavy atom. The first-order valence-electron chi connectivity index (χ1n) is 7.32. The summed E-state index contributed by atoms with van der Waals surface area (Å²) in [6.07, 6.45) is 5.08. The highest BCUT2D eigenvalue weighted by Crippen LogP contribution is 2.48. The SMILES string of the molecule is Cc1ncc(C(=O)NC2C3CCC(C3)C2CO)c(C)n1. The van der Waals surface area contributed by atoms with Crippen molar-refractivity contribution in [3.8, 4) is 0 Å². The predicted molar refractivity (Wildman–Crippen MR) is 74.2 cm³/mol. The first-order valence-corrected chi connectivity index (χ1v) is 7.32. The minimum atomic E-state index is -0.113. The number of carbonyl (C=O) groups is 1. The number of aliphatic hydroxyl groups excluding tert-OH is 1. The van der Waals surface area contributed by atoms with E-state index in [-0.39, 0.29) is 24.5 Å². The Hall–Kier alpha value is -1.49. The summed E-state index contributed by atoms with van der Waals surface area (Å²) in [5.41, 5.74) is 1.24. The van der Waals surface area contributed by atoms with Gasteiger partial charge in [0.25, 0.3) is 5.91 Å². The van der Waals surface area contributed by atoms with Crippen molar-refractivity contribution in [2.45, 2.75) is 39.2 Å². The number of hydrogen-bond acceptors (Lipinski definition) is 4. The zero-order chi connectivity index (χ0) is 14.3. The second-order valence-corrected chi connectivity index (χ2v) is 6.10. The number of carbonyl (C=O) groups excluding carboxylic acids is 1. The molecule has 0 aliphatic heterocycles. The van der Waals surface area contributed by atoms with E-state index in [4.69, 9.17) is 0 Å². The van der Waals surface area contributed by atoms with Crippen LogP contribution >= 0.6 is 0 Å². The molecule has 5 heteroatoms. The lowest BCUT2D eigenvalue weighted by Gasteiger charge is -2.30. The lowest BCUT2D eigenvalue weighted by atomic mass is 9.85. The molecule has 2 saturated carbocycles. The third kappa shape index (κ3) is 2.20. The normalized spacial score (nSPS) is 31.6. The topological polar surface area (TPSA) is 75.1 Å². The molecule has 2 aliphatic rings. The average Bonchev–Trinajstić information content (AvgIpc) is 2.99. The molecule has 0 aromatic carbocycles. The quantitative estimate of drug-likeness (QED) is 0.870. The molecule has 2 N–H and O–H groups in total. The van der Waals surface area contributed by atoms with Gasteiger partial charge < -0.3 is 10.4 Å². The molecule has 108 valence electrons. The number of aliphatic hydroxyl groups is 1. The van der Waals surface area contributed by atoms with Gasteiger partial charge in [-0.2, -0.15) is 0 Å². The zero-order valence-corrected chi connectivity index (χ0v) is 12.0. The molecule has 2 aliphatic carbocycles. The molecule has 20 heavy (non-hydrogen) atoms. The van der Waals surface area contributed by atoms with Crippen LogP contribution in [0.25, 0.3) is 0 Å². The third-order valence-corrected chi connectivity index (χ3v) is 4.94. The van der Waals surface area contributed by atoms with E-state index in [9.17, 15) is 9.90 Å². The van der Waals surface area contributed by atoms with Crippen LogP contribution < -0.4 is 5.32 Å². The van der Waals surface area contributed by atoms with E-state index >= 15 is 0 Å². The van der Waals surface area contributed by atoms with Crippen molar-refractivity contribution in [3.05, 3.63) is 23.3 Å². The Labute approximate surface area is 118 Å².